The number of anilines is 1. The number of aromatic hydroxyl groups is 1. The molecule has 0 heterocycles. The number of phenolic OH excluding ortho intramolecular Hbond substituents is 1. The van der Waals surface area contributed by atoms with Crippen LogP contribution in [0.25, 0.3) is 0 Å². The highest BCUT2D eigenvalue weighted by atomic mass is 32.2. The Bertz CT molecular complexity index is 1110. The molecule has 0 aliphatic heterocycles. The van der Waals surface area contributed by atoms with E-state index in [1.165, 1.54) is 31.2 Å². The Hall–Kier alpha value is -4.07. The summed E-state index contributed by atoms with van der Waals surface area (Å²) in [6.45, 7) is 1.29. The zero-order valence-electron chi connectivity index (χ0n) is 14.6. The van der Waals surface area contributed by atoms with Crippen molar-refractivity contribution < 1.29 is 28.2 Å². The molecule has 2 aromatic rings. The molecular formula is C15H13N5O8S. The van der Waals surface area contributed by atoms with E-state index >= 15 is 0 Å². The highest BCUT2D eigenvalue weighted by Gasteiger charge is 2.23. The lowest BCUT2D eigenvalue weighted by Crippen LogP contribution is -2.18. The number of carbonyl (C=O) groups is 1. The number of nitrogens with one attached hydrogen (secondary N) is 2. The van der Waals surface area contributed by atoms with E-state index in [2.05, 4.69) is 10.4 Å². The highest BCUT2D eigenvalue weighted by Crippen LogP contribution is 2.33. The number of nitro benzene ring substituents is 2. The summed E-state index contributed by atoms with van der Waals surface area (Å²) in [4.78, 5) is 32.4. The summed E-state index contributed by atoms with van der Waals surface area (Å²) in [5, 5.41) is 37.5. The van der Waals surface area contributed by atoms with Gasteiger partial charge >= 0.3 is 5.69 Å². The minimum Gasteiger partial charge on any atom is -0.502 e. The van der Waals surface area contributed by atoms with Gasteiger partial charge in [-0.3, -0.25) is 25.0 Å². The number of non-ortho nitro benzene ring substituents is 1. The predicted octanol–water partition coefficient (Wildman–Crippen LogP) is 1.48. The van der Waals surface area contributed by atoms with Gasteiger partial charge < -0.3 is 10.4 Å². The standard InChI is InChI=1S/C15H13N5O8S/c1-9(21)17-11-2-4-13(5-3-11)29(27,28)18-16-8-10-6-12(19(23)24)7-14(15(10)22)20(25)26/h2-8,18,22H,1H3,(H,17,21). The van der Waals surface area contributed by atoms with Crippen molar-refractivity contribution in [2.75, 3.05) is 5.32 Å². The molecule has 0 aliphatic carbocycles. The van der Waals surface area contributed by atoms with Gasteiger partial charge in [0, 0.05) is 18.7 Å². The molecule has 14 heteroatoms. The Morgan fingerprint density at radius 2 is 1.76 bits per heavy atom. The normalized spacial score (nSPS) is 11.2. The molecule has 2 rings (SSSR count). The van der Waals surface area contributed by atoms with Crippen LogP contribution in [0.1, 0.15) is 12.5 Å². The Kier molecular flexibility index (Phi) is 6.08. The van der Waals surface area contributed by atoms with E-state index in [0.717, 1.165) is 6.07 Å². The molecule has 0 radical (unpaired) electrons. The minimum absolute atomic E-state index is 0.210. The maximum absolute atomic E-state index is 12.2. The lowest BCUT2D eigenvalue weighted by Gasteiger charge is -2.06. The number of hydrogen-bond donors (Lipinski definition) is 3. The van der Waals surface area contributed by atoms with Crippen LogP contribution in [0.5, 0.6) is 5.75 Å². The first-order chi connectivity index (χ1) is 13.5. The fourth-order valence-electron chi connectivity index (χ4n) is 2.11. The number of benzene rings is 2. The summed E-state index contributed by atoms with van der Waals surface area (Å²) in [6.07, 6.45) is 0.693. The Morgan fingerprint density at radius 3 is 2.28 bits per heavy atom. The first kappa shape index (κ1) is 21.2. The van der Waals surface area contributed by atoms with E-state index in [1.807, 2.05) is 4.83 Å². The average Bonchev–Trinajstić information content (AvgIpc) is 2.62. The van der Waals surface area contributed by atoms with E-state index in [9.17, 15) is 38.5 Å². The molecule has 0 aromatic heterocycles. The maximum atomic E-state index is 12.2. The van der Waals surface area contributed by atoms with E-state index in [4.69, 9.17) is 0 Å². The van der Waals surface area contributed by atoms with Crippen molar-refractivity contribution in [2.45, 2.75) is 11.8 Å². The quantitative estimate of drug-likeness (QED) is 0.338. The molecular weight excluding hydrogens is 410 g/mol. The lowest BCUT2D eigenvalue weighted by atomic mass is 10.1. The topological polar surface area (TPSA) is 194 Å². The van der Waals surface area contributed by atoms with Crippen molar-refractivity contribution >= 4 is 39.2 Å². The molecule has 0 aliphatic rings. The van der Waals surface area contributed by atoms with E-state index in [1.54, 1.807) is 0 Å². The summed E-state index contributed by atoms with van der Waals surface area (Å²) in [5.41, 5.74) is -1.69. The molecule has 1 amide bonds. The van der Waals surface area contributed by atoms with Crippen LogP contribution in [-0.4, -0.2) is 35.5 Å². The number of carbonyl (C=O) groups excluding carboxylic acids is 1. The second kappa shape index (κ2) is 8.30. The number of nitrogens with zero attached hydrogens (tertiary/aromatic N) is 3. The number of hydrogen-bond acceptors (Lipinski definition) is 9. The van der Waals surface area contributed by atoms with Crippen molar-refractivity contribution in [3.05, 3.63) is 62.2 Å². The van der Waals surface area contributed by atoms with Crippen molar-refractivity contribution in [1.29, 1.82) is 0 Å². The van der Waals surface area contributed by atoms with Gasteiger partial charge in [0.15, 0.2) is 0 Å². The number of amides is 1. The second-order valence-corrected chi connectivity index (χ2v) is 7.14. The molecule has 0 saturated carbocycles. The number of hydrazone groups is 1. The largest absolute Gasteiger partial charge is 0.502 e. The van der Waals surface area contributed by atoms with Gasteiger partial charge in [0.1, 0.15) is 0 Å². The Labute approximate surface area is 163 Å². The van der Waals surface area contributed by atoms with Crippen LogP contribution in [0.3, 0.4) is 0 Å². The van der Waals surface area contributed by atoms with Gasteiger partial charge in [-0.15, -0.1) is 0 Å². The smallest absolute Gasteiger partial charge is 0.318 e. The second-order valence-electron chi connectivity index (χ2n) is 5.48. The molecule has 2 aromatic carbocycles. The van der Waals surface area contributed by atoms with Gasteiger partial charge in [-0.1, -0.05) is 0 Å². The molecule has 0 bridgehead atoms. The molecule has 152 valence electrons. The first-order valence-corrected chi connectivity index (χ1v) is 9.08. The summed E-state index contributed by atoms with van der Waals surface area (Å²) >= 11 is 0. The fraction of sp³-hybridized carbons (Fsp3) is 0.0667. The van der Waals surface area contributed by atoms with Gasteiger partial charge in [-0.2, -0.15) is 13.5 Å². The maximum Gasteiger partial charge on any atom is 0.318 e. The van der Waals surface area contributed by atoms with Crippen LogP contribution in [0.2, 0.25) is 0 Å². The summed E-state index contributed by atoms with van der Waals surface area (Å²) < 4.78 is 24.4. The van der Waals surface area contributed by atoms with Crippen molar-refractivity contribution in [3.63, 3.8) is 0 Å². The van der Waals surface area contributed by atoms with Crippen LogP contribution in [0.15, 0.2) is 46.4 Å². The van der Waals surface area contributed by atoms with Gasteiger partial charge in [0.2, 0.25) is 11.7 Å². The molecule has 29 heavy (non-hydrogen) atoms. The molecule has 13 nitrogen and oxygen atoms in total. The third kappa shape index (κ3) is 5.23. The molecule has 0 fully saturated rings. The summed E-state index contributed by atoms with van der Waals surface area (Å²) in [5.74, 6) is -1.25. The van der Waals surface area contributed by atoms with Crippen LogP contribution in [0.4, 0.5) is 17.1 Å². The zero-order chi connectivity index (χ0) is 21.8. The first-order valence-electron chi connectivity index (χ1n) is 7.59. The Morgan fingerprint density at radius 1 is 1.14 bits per heavy atom. The molecule has 0 unspecified atom stereocenters. The van der Waals surface area contributed by atoms with Gasteiger partial charge in [0.05, 0.1) is 32.6 Å². The molecule has 0 atom stereocenters. The minimum atomic E-state index is -4.15. The summed E-state index contributed by atoms with van der Waals surface area (Å²) in [6, 6.07) is 6.43. The zero-order valence-corrected chi connectivity index (χ0v) is 15.4. The molecule has 0 saturated heterocycles. The van der Waals surface area contributed by atoms with Gasteiger partial charge in [0.25, 0.3) is 15.7 Å². The van der Waals surface area contributed by atoms with Crippen LogP contribution in [-0.2, 0) is 14.8 Å². The number of nitro groups is 2. The third-order valence-corrected chi connectivity index (χ3v) is 4.61. The SMILES string of the molecule is CC(=O)Nc1ccc(S(=O)(=O)NN=Cc2cc([N+](=O)[O-])cc([N+](=O)[O-])c2O)cc1. The molecule has 0 spiro atoms. The number of sulfonamides is 1. The van der Waals surface area contributed by atoms with E-state index in [0.29, 0.717) is 18.0 Å². The van der Waals surface area contributed by atoms with Gasteiger partial charge in [-0.05, 0) is 24.3 Å². The number of phenols is 1. The van der Waals surface area contributed by atoms with Crippen LogP contribution < -0.4 is 10.1 Å². The van der Waals surface area contributed by atoms with Crippen molar-refractivity contribution in [2.24, 2.45) is 5.10 Å². The van der Waals surface area contributed by atoms with Gasteiger partial charge in [-0.25, -0.2) is 4.83 Å². The highest BCUT2D eigenvalue weighted by molar-refractivity contribution is 7.89. The average molecular weight is 423 g/mol. The predicted molar refractivity (Wildman–Crippen MR) is 100 cm³/mol. The van der Waals surface area contributed by atoms with Crippen LogP contribution in [0, 0.1) is 20.2 Å². The third-order valence-electron chi connectivity index (χ3n) is 3.37. The Balaban J connectivity index is 2.27. The molecule has 3 N–H and O–H groups in total. The van der Waals surface area contributed by atoms with E-state index in [-0.39, 0.29) is 10.8 Å². The lowest BCUT2D eigenvalue weighted by molar-refractivity contribution is -0.394. The summed E-state index contributed by atoms with van der Waals surface area (Å²) in [7, 11) is -4.15. The van der Waals surface area contributed by atoms with E-state index < -0.39 is 42.6 Å². The van der Waals surface area contributed by atoms with Crippen LogP contribution >= 0.6 is 0 Å². The van der Waals surface area contributed by atoms with Crippen molar-refractivity contribution in [1.82, 2.24) is 4.83 Å². The number of rotatable bonds is 7. The van der Waals surface area contributed by atoms with Crippen molar-refractivity contribution in [3.8, 4) is 5.75 Å². The fourth-order valence-corrected chi connectivity index (χ4v) is 2.90. The monoisotopic (exact) mass is 423 g/mol.